The van der Waals surface area contributed by atoms with Crippen molar-refractivity contribution in [2.45, 2.75) is 19.8 Å². The molecule has 3 nitrogen and oxygen atoms in total. The molecule has 0 fully saturated rings. The highest BCUT2D eigenvalue weighted by molar-refractivity contribution is 9.10. The second-order valence-corrected chi connectivity index (χ2v) is 4.41. The quantitative estimate of drug-likeness (QED) is 0.795. The van der Waals surface area contributed by atoms with Crippen molar-refractivity contribution < 1.29 is 9.47 Å². The van der Waals surface area contributed by atoms with E-state index in [9.17, 15) is 0 Å². The number of nitriles is 1. The van der Waals surface area contributed by atoms with Gasteiger partial charge in [0.2, 0.25) is 0 Å². The summed E-state index contributed by atoms with van der Waals surface area (Å²) in [4.78, 5) is 0. The van der Waals surface area contributed by atoms with Crippen LogP contribution in [0.5, 0.6) is 11.5 Å². The number of hydrogen-bond acceptors (Lipinski definition) is 3. The summed E-state index contributed by atoms with van der Waals surface area (Å²) in [7, 11) is 0. The Balaban J connectivity index is 2.63. The Bertz CT molecular complexity index is 451. The van der Waals surface area contributed by atoms with Gasteiger partial charge in [-0.2, -0.15) is 5.26 Å². The molecule has 4 heteroatoms. The van der Waals surface area contributed by atoms with Crippen molar-refractivity contribution in [3.05, 3.63) is 21.7 Å². The van der Waals surface area contributed by atoms with Crippen LogP contribution < -0.4 is 9.47 Å². The summed E-state index contributed by atoms with van der Waals surface area (Å²) in [6.07, 6.45) is 1.63. The molecule has 1 aliphatic rings. The fourth-order valence-electron chi connectivity index (χ4n) is 1.79. The first kappa shape index (κ1) is 11.3. The second-order valence-electron chi connectivity index (χ2n) is 3.56. The van der Waals surface area contributed by atoms with Crippen LogP contribution >= 0.6 is 15.9 Å². The molecular formula is C12H12BrNO2. The van der Waals surface area contributed by atoms with E-state index in [4.69, 9.17) is 14.7 Å². The molecule has 0 saturated carbocycles. The number of benzene rings is 1. The Morgan fingerprint density at radius 1 is 1.38 bits per heavy atom. The number of halogens is 1. The Hall–Kier alpha value is -1.21. The third kappa shape index (κ3) is 1.88. The number of ether oxygens (including phenoxy) is 2. The average Bonchev–Trinajstić information content (AvgIpc) is 2.54. The summed E-state index contributed by atoms with van der Waals surface area (Å²) in [5.41, 5.74) is 1.58. The molecule has 1 aromatic rings. The molecular weight excluding hydrogens is 270 g/mol. The van der Waals surface area contributed by atoms with E-state index in [0.29, 0.717) is 18.8 Å². The van der Waals surface area contributed by atoms with Gasteiger partial charge in [-0.15, -0.1) is 0 Å². The summed E-state index contributed by atoms with van der Waals surface area (Å²) >= 11 is 3.42. The Labute approximate surface area is 103 Å². The Morgan fingerprint density at radius 2 is 2.06 bits per heavy atom. The number of rotatable bonds is 1. The lowest BCUT2D eigenvalue weighted by atomic mass is 10.0. The SMILES string of the molecule is CCc1c(C#N)cc(Br)c2c1OCCCO2. The van der Waals surface area contributed by atoms with Crippen molar-refractivity contribution in [3.63, 3.8) is 0 Å². The van der Waals surface area contributed by atoms with Gasteiger partial charge < -0.3 is 9.47 Å². The van der Waals surface area contributed by atoms with Gasteiger partial charge in [-0.05, 0) is 28.4 Å². The van der Waals surface area contributed by atoms with Gasteiger partial charge in [0.25, 0.3) is 0 Å². The molecule has 0 amide bonds. The molecule has 16 heavy (non-hydrogen) atoms. The molecule has 0 bridgehead atoms. The van der Waals surface area contributed by atoms with Crippen LogP contribution in [-0.2, 0) is 6.42 Å². The van der Waals surface area contributed by atoms with Crippen LogP contribution in [0.2, 0.25) is 0 Å². The predicted molar refractivity (Wildman–Crippen MR) is 63.8 cm³/mol. The molecule has 0 N–H and O–H groups in total. The lowest BCUT2D eigenvalue weighted by Gasteiger charge is -2.14. The topological polar surface area (TPSA) is 42.2 Å². The third-order valence-electron chi connectivity index (χ3n) is 2.55. The first-order chi connectivity index (χ1) is 7.77. The van der Waals surface area contributed by atoms with Crippen molar-refractivity contribution in [1.82, 2.24) is 0 Å². The number of nitrogens with zero attached hydrogens (tertiary/aromatic N) is 1. The van der Waals surface area contributed by atoms with E-state index in [2.05, 4.69) is 22.0 Å². The maximum Gasteiger partial charge on any atom is 0.175 e. The van der Waals surface area contributed by atoms with E-state index in [1.54, 1.807) is 6.07 Å². The van der Waals surface area contributed by atoms with E-state index in [-0.39, 0.29) is 0 Å². The minimum absolute atomic E-state index is 0.640. The minimum atomic E-state index is 0.640. The summed E-state index contributed by atoms with van der Waals surface area (Å²) in [5, 5.41) is 9.08. The highest BCUT2D eigenvalue weighted by Crippen LogP contribution is 2.41. The van der Waals surface area contributed by atoms with E-state index < -0.39 is 0 Å². The van der Waals surface area contributed by atoms with Crippen molar-refractivity contribution in [2.75, 3.05) is 13.2 Å². The van der Waals surface area contributed by atoms with Gasteiger partial charge in [-0.1, -0.05) is 6.92 Å². The Morgan fingerprint density at radius 3 is 2.69 bits per heavy atom. The first-order valence-electron chi connectivity index (χ1n) is 5.29. The highest BCUT2D eigenvalue weighted by Gasteiger charge is 2.20. The van der Waals surface area contributed by atoms with Gasteiger partial charge >= 0.3 is 0 Å². The molecule has 2 rings (SSSR count). The second kappa shape index (κ2) is 4.75. The summed E-state index contributed by atoms with van der Waals surface area (Å²) < 4.78 is 12.1. The first-order valence-corrected chi connectivity index (χ1v) is 6.08. The van der Waals surface area contributed by atoms with Crippen molar-refractivity contribution in [2.24, 2.45) is 0 Å². The fraction of sp³-hybridized carbons (Fsp3) is 0.417. The van der Waals surface area contributed by atoms with Gasteiger partial charge in [-0.3, -0.25) is 0 Å². The largest absolute Gasteiger partial charge is 0.489 e. The number of hydrogen-bond donors (Lipinski definition) is 0. The lowest BCUT2D eigenvalue weighted by molar-refractivity contribution is 0.295. The van der Waals surface area contributed by atoms with E-state index in [1.807, 2.05) is 6.92 Å². The fourth-order valence-corrected chi connectivity index (χ4v) is 2.32. The van der Waals surface area contributed by atoms with Crippen LogP contribution in [-0.4, -0.2) is 13.2 Å². The molecule has 84 valence electrons. The molecule has 1 aromatic carbocycles. The molecule has 0 radical (unpaired) electrons. The van der Waals surface area contributed by atoms with Gasteiger partial charge in [0.15, 0.2) is 11.5 Å². The molecule has 0 aliphatic carbocycles. The van der Waals surface area contributed by atoms with Crippen LogP contribution in [0.1, 0.15) is 24.5 Å². The van der Waals surface area contributed by atoms with E-state index >= 15 is 0 Å². The van der Waals surface area contributed by atoms with Gasteiger partial charge in [0.05, 0.1) is 29.3 Å². The molecule has 0 saturated heterocycles. The van der Waals surface area contributed by atoms with Crippen LogP contribution in [0.3, 0.4) is 0 Å². The maximum atomic E-state index is 9.08. The van der Waals surface area contributed by atoms with Crippen molar-refractivity contribution >= 4 is 15.9 Å². The van der Waals surface area contributed by atoms with E-state index in [1.165, 1.54) is 0 Å². The number of fused-ring (bicyclic) bond motifs is 1. The molecule has 0 atom stereocenters. The van der Waals surface area contributed by atoms with Crippen molar-refractivity contribution in [3.8, 4) is 17.6 Å². The molecule has 0 spiro atoms. The van der Waals surface area contributed by atoms with Gasteiger partial charge in [-0.25, -0.2) is 0 Å². The Kier molecular flexibility index (Phi) is 3.35. The standard InChI is InChI=1S/C12H12BrNO2/c1-2-9-8(7-14)6-10(13)12-11(9)15-4-3-5-16-12/h6H,2-5H2,1H3. The predicted octanol–water partition coefficient (Wildman–Crippen LogP) is 3.04. The maximum absolute atomic E-state index is 9.08. The molecule has 1 heterocycles. The summed E-state index contributed by atoms with van der Waals surface area (Å²) in [6, 6.07) is 3.99. The third-order valence-corrected chi connectivity index (χ3v) is 3.14. The smallest absolute Gasteiger partial charge is 0.175 e. The lowest BCUT2D eigenvalue weighted by Crippen LogP contribution is -2.00. The van der Waals surface area contributed by atoms with Gasteiger partial charge in [0, 0.05) is 12.0 Å². The zero-order valence-corrected chi connectivity index (χ0v) is 10.6. The van der Waals surface area contributed by atoms with Crippen LogP contribution in [0.4, 0.5) is 0 Å². The van der Waals surface area contributed by atoms with E-state index in [0.717, 1.165) is 34.4 Å². The molecule has 0 aromatic heterocycles. The van der Waals surface area contributed by atoms with Crippen LogP contribution in [0, 0.1) is 11.3 Å². The van der Waals surface area contributed by atoms with Crippen molar-refractivity contribution in [1.29, 1.82) is 5.26 Å². The normalized spacial score (nSPS) is 14.1. The van der Waals surface area contributed by atoms with Crippen LogP contribution in [0.25, 0.3) is 0 Å². The molecule has 1 aliphatic heterocycles. The zero-order valence-electron chi connectivity index (χ0n) is 9.05. The van der Waals surface area contributed by atoms with Crippen LogP contribution in [0.15, 0.2) is 10.5 Å². The summed E-state index contributed by atoms with van der Waals surface area (Å²) in [5.74, 6) is 1.46. The highest BCUT2D eigenvalue weighted by atomic mass is 79.9. The van der Waals surface area contributed by atoms with Gasteiger partial charge in [0.1, 0.15) is 0 Å². The monoisotopic (exact) mass is 281 g/mol. The average molecular weight is 282 g/mol. The molecule has 0 unspecified atom stereocenters. The summed E-state index contributed by atoms with van der Waals surface area (Å²) in [6.45, 7) is 3.31. The zero-order chi connectivity index (χ0) is 11.5. The minimum Gasteiger partial charge on any atom is -0.489 e.